The first-order valence-electron chi connectivity index (χ1n) is 9.61. The molecule has 3 N–H and O–H groups in total. The number of carbonyl (C=O) groups excluding carboxylic acids is 3. The SMILES string of the molecule is CC[C@@H](C#N)NC(=O)[C@@H]1C[C@@H](N(C)C)CN1C(=O)[C@@H](NC(=O)NC)C(C)(C)C. The van der Waals surface area contributed by atoms with Crippen LogP contribution in [0, 0.1) is 16.7 Å². The van der Waals surface area contributed by atoms with Gasteiger partial charge < -0.3 is 25.8 Å². The zero-order valence-electron chi connectivity index (χ0n) is 18.0. The second-order valence-electron chi connectivity index (χ2n) is 8.48. The van der Waals surface area contributed by atoms with Crippen LogP contribution in [-0.4, -0.2) is 79.5 Å². The van der Waals surface area contributed by atoms with E-state index in [9.17, 15) is 14.4 Å². The van der Waals surface area contributed by atoms with Crippen LogP contribution >= 0.6 is 0 Å². The van der Waals surface area contributed by atoms with Crippen molar-refractivity contribution in [3.8, 4) is 6.07 Å². The lowest BCUT2D eigenvalue weighted by atomic mass is 9.85. The number of rotatable bonds is 6. The maximum atomic E-state index is 13.4. The van der Waals surface area contributed by atoms with E-state index in [1.54, 1.807) is 0 Å². The average molecular weight is 395 g/mol. The highest BCUT2D eigenvalue weighted by Crippen LogP contribution is 2.27. The molecule has 1 saturated heterocycles. The summed E-state index contributed by atoms with van der Waals surface area (Å²) in [5.41, 5.74) is -0.542. The largest absolute Gasteiger partial charge is 0.341 e. The van der Waals surface area contributed by atoms with Crippen LogP contribution < -0.4 is 16.0 Å². The van der Waals surface area contributed by atoms with E-state index in [1.165, 1.54) is 11.9 Å². The van der Waals surface area contributed by atoms with E-state index < -0.39 is 29.6 Å². The number of nitrogens with zero attached hydrogens (tertiary/aromatic N) is 3. The Bertz CT molecular complexity index is 622. The summed E-state index contributed by atoms with van der Waals surface area (Å²) in [6.07, 6.45) is 0.964. The van der Waals surface area contributed by atoms with E-state index in [0.717, 1.165) is 0 Å². The van der Waals surface area contributed by atoms with Crippen LogP contribution in [0.1, 0.15) is 40.5 Å². The molecule has 0 aromatic heterocycles. The van der Waals surface area contributed by atoms with Gasteiger partial charge in [-0.2, -0.15) is 5.26 Å². The molecule has 1 aliphatic heterocycles. The van der Waals surface area contributed by atoms with Gasteiger partial charge in [-0.3, -0.25) is 9.59 Å². The Hall–Kier alpha value is -2.34. The fraction of sp³-hybridized carbons (Fsp3) is 0.789. The minimum Gasteiger partial charge on any atom is -0.341 e. The van der Waals surface area contributed by atoms with Gasteiger partial charge in [0.05, 0.1) is 6.07 Å². The fourth-order valence-electron chi connectivity index (χ4n) is 3.19. The van der Waals surface area contributed by atoms with Crippen molar-refractivity contribution in [1.29, 1.82) is 5.26 Å². The van der Waals surface area contributed by atoms with Crippen molar-refractivity contribution >= 4 is 17.8 Å². The predicted octanol–water partition coefficient (Wildman–Crippen LogP) is 0.280. The van der Waals surface area contributed by atoms with Crippen LogP contribution in [0.5, 0.6) is 0 Å². The normalized spacial score (nSPS) is 21.6. The van der Waals surface area contributed by atoms with Crippen LogP contribution in [0.2, 0.25) is 0 Å². The lowest BCUT2D eigenvalue weighted by molar-refractivity contribution is -0.142. The summed E-state index contributed by atoms with van der Waals surface area (Å²) < 4.78 is 0. The maximum absolute atomic E-state index is 13.4. The molecule has 1 aliphatic rings. The first kappa shape index (κ1) is 23.7. The molecule has 9 nitrogen and oxygen atoms in total. The fourth-order valence-corrected chi connectivity index (χ4v) is 3.19. The number of hydrogen-bond acceptors (Lipinski definition) is 5. The Morgan fingerprint density at radius 3 is 2.29 bits per heavy atom. The number of urea groups is 1. The van der Waals surface area contributed by atoms with E-state index in [4.69, 9.17) is 5.26 Å². The van der Waals surface area contributed by atoms with Crippen molar-refractivity contribution in [2.24, 2.45) is 5.41 Å². The molecule has 0 bridgehead atoms. The quantitative estimate of drug-likeness (QED) is 0.598. The molecule has 0 unspecified atom stereocenters. The van der Waals surface area contributed by atoms with E-state index in [0.29, 0.717) is 19.4 Å². The van der Waals surface area contributed by atoms with Crippen molar-refractivity contribution in [1.82, 2.24) is 25.8 Å². The number of nitrogens with one attached hydrogen (secondary N) is 3. The third kappa shape index (κ3) is 5.83. The van der Waals surface area contributed by atoms with Crippen LogP contribution in [0.15, 0.2) is 0 Å². The van der Waals surface area contributed by atoms with Crippen molar-refractivity contribution in [3.05, 3.63) is 0 Å². The Balaban J connectivity index is 3.15. The van der Waals surface area contributed by atoms with Gasteiger partial charge in [0.2, 0.25) is 11.8 Å². The molecule has 0 radical (unpaired) electrons. The van der Waals surface area contributed by atoms with Gasteiger partial charge >= 0.3 is 6.03 Å². The molecule has 1 heterocycles. The first-order valence-corrected chi connectivity index (χ1v) is 9.61. The summed E-state index contributed by atoms with van der Waals surface area (Å²) in [4.78, 5) is 41.6. The van der Waals surface area contributed by atoms with Gasteiger partial charge in [-0.05, 0) is 32.4 Å². The Morgan fingerprint density at radius 2 is 1.86 bits per heavy atom. The maximum Gasteiger partial charge on any atom is 0.315 e. The summed E-state index contributed by atoms with van der Waals surface area (Å²) in [6, 6.07) is -0.445. The van der Waals surface area contributed by atoms with E-state index in [2.05, 4.69) is 22.0 Å². The van der Waals surface area contributed by atoms with E-state index in [-0.39, 0.29) is 17.9 Å². The predicted molar refractivity (Wildman–Crippen MR) is 106 cm³/mol. The molecular formula is C19H34N6O3. The molecule has 1 rings (SSSR count). The highest BCUT2D eigenvalue weighted by atomic mass is 16.2. The monoisotopic (exact) mass is 394 g/mol. The molecule has 4 amide bonds. The molecule has 9 heteroatoms. The molecule has 0 spiro atoms. The number of carbonyl (C=O) groups is 3. The number of nitriles is 1. The zero-order chi connectivity index (χ0) is 21.6. The topological polar surface area (TPSA) is 118 Å². The van der Waals surface area contributed by atoms with Crippen LogP contribution in [0.3, 0.4) is 0 Å². The molecule has 28 heavy (non-hydrogen) atoms. The summed E-state index contributed by atoms with van der Waals surface area (Å²) in [7, 11) is 5.30. The highest BCUT2D eigenvalue weighted by molar-refractivity contribution is 5.93. The van der Waals surface area contributed by atoms with Crippen LogP contribution in [-0.2, 0) is 9.59 Å². The molecular weight excluding hydrogens is 360 g/mol. The number of amides is 4. The molecule has 0 saturated carbocycles. The summed E-state index contributed by atoms with van der Waals surface area (Å²) >= 11 is 0. The highest BCUT2D eigenvalue weighted by Gasteiger charge is 2.45. The van der Waals surface area contributed by atoms with Gasteiger partial charge in [-0.1, -0.05) is 27.7 Å². The minimum absolute atomic E-state index is 0.0162. The summed E-state index contributed by atoms with van der Waals surface area (Å²) in [6.45, 7) is 7.79. The van der Waals surface area contributed by atoms with Gasteiger partial charge in [0.15, 0.2) is 0 Å². The van der Waals surface area contributed by atoms with E-state index in [1.807, 2.05) is 46.7 Å². The molecule has 158 valence electrons. The van der Waals surface area contributed by atoms with Crippen LogP contribution in [0.25, 0.3) is 0 Å². The molecule has 0 aromatic rings. The standard InChI is InChI=1S/C19H34N6O3/c1-8-12(10-20)22-16(26)14-9-13(24(6)7)11-25(14)17(27)15(19(2,3)4)23-18(28)21-5/h12-15H,8-9,11H2,1-7H3,(H,22,26)(H2,21,23,28)/t12-,13+,14-,15+/m0/s1. The number of hydrogen-bond donors (Lipinski definition) is 3. The van der Waals surface area contributed by atoms with Gasteiger partial charge in [0.25, 0.3) is 0 Å². The average Bonchev–Trinajstić information content (AvgIpc) is 3.08. The Kier molecular flexibility index (Phi) is 8.24. The number of likely N-dealkylation sites (N-methyl/N-ethyl adjacent to an activating group) is 1. The second-order valence-corrected chi connectivity index (χ2v) is 8.48. The Labute approximate surface area is 167 Å². The van der Waals surface area contributed by atoms with Gasteiger partial charge in [-0.25, -0.2) is 4.79 Å². The second kappa shape index (κ2) is 9.73. The lowest BCUT2D eigenvalue weighted by Crippen LogP contribution is -2.59. The summed E-state index contributed by atoms with van der Waals surface area (Å²) in [5, 5.41) is 17.0. The lowest BCUT2D eigenvalue weighted by Gasteiger charge is -2.35. The Morgan fingerprint density at radius 1 is 1.25 bits per heavy atom. The van der Waals surface area contributed by atoms with Crippen LogP contribution in [0.4, 0.5) is 4.79 Å². The van der Waals surface area contributed by atoms with Crippen molar-refractivity contribution < 1.29 is 14.4 Å². The molecule has 4 atom stereocenters. The minimum atomic E-state index is -0.790. The molecule has 1 fully saturated rings. The number of likely N-dealkylation sites (tertiary alicyclic amines) is 1. The third-order valence-electron chi connectivity index (χ3n) is 5.09. The van der Waals surface area contributed by atoms with Crippen molar-refractivity contribution in [2.75, 3.05) is 27.7 Å². The van der Waals surface area contributed by atoms with Crippen molar-refractivity contribution in [2.45, 2.75) is 64.7 Å². The third-order valence-corrected chi connectivity index (χ3v) is 5.09. The van der Waals surface area contributed by atoms with Gasteiger partial charge in [0.1, 0.15) is 18.1 Å². The molecule has 0 aromatic carbocycles. The smallest absolute Gasteiger partial charge is 0.315 e. The van der Waals surface area contributed by atoms with Crippen molar-refractivity contribution in [3.63, 3.8) is 0 Å². The van der Waals surface area contributed by atoms with E-state index >= 15 is 0 Å². The van der Waals surface area contributed by atoms with Gasteiger partial charge in [0, 0.05) is 19.6 Å². The zero-order valence-corrected chi connectivity index (χ0v) is 18.0. The summed E-state index contributed by atoms with van der Waals surface area (Å²) in [5.74, 6) is -0.635. The first-order chi connectivity index (χ1) is 13.0. The van der Waals surface area contributed by atoms with Gasteiger partial charge in [-0.15, -0.1) is 0 Å². The molecule has 0 aliphatic carbocycles.